The second kappa shape index (κ2) is 15.4. The molecule has 2 amide bonds. The van der Waals surface area contributed by atoms with Gasteiger partial charge in [-0.2, -0.15) is 10.2 Å². The Kier molecular flexibility index (Phi) is 9.84. The van der Waals surface area contributed by atoms with Crippen LogP contribution in [-0.4, -0.2) is 48.4 Å². The van der Waals surface area contributed by atoms with E-state index in [9.17, 15) is 9.59 Å². The van der Waals surface area contributed by atoms with Gasteiger partial charge in [0.2, 0.25) is 0 Å². The highest BCUT2D eigenvalue weighted by molar-refractivity contribution is 6.33. The van der Waals surface area contributed by atoms with Crippen molar-refractivity contribution >= 4 is 29.2 Å². The minimum atomic E-state index is -0.0790. The Morgan fingerprint density at radius 2 is 1.05 bits per heavy atom. The number of halogens is 1. The zero-order valence-electron chi connectivity index (χ0n) is 32.2. The van der Waals surface area contributed by atoms with E-state index in [1.807, 2.05) is 83.7 Å². The summed E-state index contributed by atoms with van der Waals surface area (Å²) < 4.78 is 3.44. The van der Waals surface area contributed by atoms with Gasteiger partial charge in [-0.25, -0.2) is 9.36 Å². The van der Waals surface area contributed by atoms with Gasteiger partial charge in [0.25, 0.3) is 11.8 Å². The van der Waals surface area contributed by atoms with Gasteiger partial charge in [-0.1, -0.05) is 54.1 Å². The maximum absolute atomic E-state index is 13.5. The van der Waals surface area contributed by atoms with E-state index in [2.05, 4.69) is 31.1 Å². The lowest BCUT2D eigenvalue weighted by Gasteiger charge is -2.54. The number of nitrogens with zero attached hydrogens (tertiary/aromatic N) is 5. The highest BCUT2D eigenvalue weighted by atomic mass is 35.5. The van der Waals surface area contributed by atoms with Gasteiger partial charge in [-0.3, -0.25) is 14.6 Å². The second-order valence-electron chi connectivity index (χ2n) is 17.8. The van der Waals surface area contributed by atoms with Crippen LogP contribution < -0.4 is 16.0 Å². The third-order valence-electron chi connectivity index (χ3n) is 14.2. The van der Waals surface area contributed by atoms with Crippen LogP contribution in [0.25, 0.3) is 11.4 Å². The highest BCUT2D eigenvalue weighted by Crippen LogP contribution is 2.55. The Hall–Kier alpha value is -4.96. The number of hydrogen-bond donors (Lipinski definition) is 3. The second-order valence-corrected chi connectivity index (χ2v) is 18.2. The Labute approximate surface area is 339 Å². The fourth-order valence-corrected chi connectivity index (χ4v) is 12.4. The van der Waals surface area contributed by atoms with Crippen molar-refractivity contribution in [3.05, 3.63) is 119 Å². The molecule has 8 bridgehead atoms. The largest absolute Gasteiger partial charge is 0.365 e. The van der Waals surface area contributed by atoms with Crippen molar-refractivity contribution in [2.45, 2.75) is 82.8 Å². The van der Waals surface area contributed by atoms with Gasteiger partial charge in [-0.05, 0) is 147 Å². The van der Waals surface area contributed by atoms with Crippen LogP contribution in [0.4, 0.5) is 5.82 Å². The summed E-state index contributed by atoms with van der Waals surface area (Å²) >= 11 is 6.46. The minimum Gasteiger partial charge on any atom is -0.365 e. The van der Waals surface area contributed by atoms with E-state index >= 15 is 0 Å². The summed E-state index contributed by atoms with van der Waals surface area (Å²) in [5, 5.41) is 19.5. The first-order valence-electron chi connectivity index (χ1n) is 21.1. The van der Waals surface area contributed by atoms with Gasteiger partial charge in [-0.15, -0.1) is 0 Å². The number of aromatic nitrogens is 5. The molecule has 8 saturated carbocycles. The van der Waals surface area contributed by atoms with Crippen LogP contribution >= 0.6 is 11.6 Å². The van der Waals surface area contributed by atoms with Crippen LogP contribution in [0.5, 0.6) is 0 Å². The van der Waals surface area contributed by atoms with Crippen LogP contribution in [-0.2, 0) is 6.54 Å². The Morgan fingerprint density at radius 1 is 0.579 bits per heavy atom. The van der Waals surface area contributed by atoms with E-state index in [1.165, 1.54) is 64.2 Å². The smallest absolute Gasteiger partial charge is 0.256 e. The molecule has 57 heavy (non-hydrogen) atoms. The summed E-state index contributed by atoms with van der Waals surface area (Å²) in [6.07, 6.45) is 20.0. The van der Waals surface area contributed by atoms with Crippen molar-refractivity contribution in [3.63, 3.8) is 0 Å². The van der Waals surface area contributed by atoms with Crippen LogP contribution in [0, 0.1) is 47.3 Å². The normalized spacial score (nSPS) is 30.1. The van der Waals surface area contributed by atoms with Crippen LogP contribution in [0.1, 0.15) is 90.5 Å². The first kappa shape index (κ1) is 36.4. The Morgan fingerprint density at radius 3 is 1.56 bits per heavy atom. The first-order chi connectivity index (χ1) is 27.9. The average molecular weight is 783 g/mol. The molecule has 294 valence electrons. The molecule has 3 aromatic heterocycles. The van der Waals surface area contributed by atoms with Crippen LogP contribution in [0.3, 0.4) is 0 Å². The van der Waals surface area contributed by atoms with Crippen LogP contribution in [0.2, 0.25) is 5.15 Å². The van der Waals surface area contributed by atoms with Gasteiger partial charge in [0, 0.05) is 31.0 Å². The molecule has 10 nitrogen and oxygen atoms in total. The van der Waals surface area contributed by atoms with Crippen molar-refractivity contribution < 1.29 is 9.59 Å². The van der Waals surface area contributed by atoms with E-state index in [0.717, 1.165) is 46.4 Å². The molecule has 8 aliphatic rings. The molecule has 5 aromatic rings. The number of para-hydroxylation sites is 2. The molecule has 11 heteroatoms. The predicted octanol–water partition coefficient (Wildman–Crippen LogP) is 8.51. The van der Waals surface area contributed by atoms with Gasteiger partial charge < -0.3 is 16.0 Å². The molecule has 8 fully saturated rings. The van der Waals surface area contributed by atoms with Crippen LogP contribution in [0.15, 0.2) is 97.6 Å². The SMILES string of the molecule is O=C(NC1C2CC3CC(C2)CC1C3)c1cnn(-c2ccccc2)c1Cl.O=C(NC1C2CC3CC(C2)CC1C3)c1cnn(-c2ccccc2)c1NCc1cccnc1. The molecule has 0 aliphatic heterocycles. The van der Waals surface area contributed by atoms with E-state index in [1.54, 1.807) is 23.3 Å². The Bertz CT molecular complexity index is 2150. The van der Waals surface area contributed by atoms with Gasteiger partial charge in [0.15, 0.2) is 0 Å². The number of pyridine rings is 1. The number of benzene rings is 2. The van der Waals surface area contributed by atoms with Crippen molar-refractivity contribution in [2.24, 2.45) is 47.3 Å². The van der Waals surface area contributed by atoms with E-state index in [4.69, 9.17) is 11.6 Å². The number of carbonyl (C=O) groups excluding carboxylic acids is 2. The molecule has 8 aliphatic carbocycles. The lowest BCUT2D eigenvalue weighted by atomic mass is 9.54. The number of amides is 2. The third-order valence-corrected chi connectivity index (χ3v) is 14.6. The molecule has 0 unspecified atom stereocenters. The molecule has 2 aromatic carbocycles. The molecule has 0 saturated heterocycles. The molecule has 0 spiro atoms. The average Bonchev–Trinajstić information content (AvgIpc) is 3.84. The maximum atomic E-state index is 13.5. The summed E-state index contributed by atoms with van der Waals surface area (Å²) in [6.45, 7) is 0.574. The monoisotopic (exact) mass is 782 g/mol. The fourth-order valence-electron chi connectivity index (χ4n) is 12.2. The molecular formula is C46H51ClN8O2. The highest BCUT2D eigenvalue weighted by Gasteiger charge is 2.50. The lowest BCUT2D eigenvalue weighted by molar-refractivity contribution is -0.0119. The zero-order chi connectivity index (χ0) is 38.5. The lowest BCUT2D eigenvalue weighted by Crippen LogP contribution is -2.55. The van der Waals surface area contributed by atoms with Crippen molar-refractivity contribution in [1.82, 2.24) is 35.2 Å². The molecule has 0 atom stereocenters. The third kappa shape index (κ3) is 7.26. The van der Waals surface area contributed by atoms with Gasteiger partial charge in [0.1, 0.15) is 16.5 Å². The summed E-state index contributed by atoms with van der Waals surface area (Å²) in [5.74, 6) is 6.82. The Balaban J connectivity index is 0.000000143. The molecule has 3 heterocycles. The molecule has 0 radical (unpaired) electrons. The minimum absolute atomic E-state index is 0.0154. The number of rotatable bonds is 9. The molecular weight excluding hydrogens is 732 g/mol. The number of carbonyl (C=O) groups is 2. The van der Waals surface area contributed by atoms with Crippen molar-refractivity contribution in [1.29, 1.82) is 0 Å². The first-order valence-corrected chi connectivity index (χ1v) is 21.5. The van der Waals surface area contributed by atoms with Crippen molar-refractivity contribution in [2.75, 3.05) is 5.32 Å². The number of hydrogen-bond acceptors (Lipinski definition) is 6. The van der Waals surface area contributed by atoms with Gasteiger partial charge >= 0.3 is 0 Å². The quantitative estimate of drug-likeness (QED) is 0.138. The van der Waals surface area contributed by atoms with E-state index in [0.29, 0.717) is 58.6 Å². The molecule has 3 N–H and O–H groups in total. The van der Waals surface area contributed by atoms with E-state index < -0.39 is 0 Å². The summed E-state index contributed by atoms with van der Waals surface area (Å²) in [6, 6.07) is 24.2. The standard InChI is InChI=1S/C26H29N5O.C20H22ClN3O/c32-26(30-24-20-10-18-9-19(12-20)13-21(24)11-18)23-16-29-31(22-6-2-1-3-7-22)25(23)28-15-17-5-4-8-27-14-17;21-19-17(11-22-24(19)16-4-2-1-3-5-16)20(25)23-18-14-7-12-6-13(9-14)10-15(18)8-12/h1-8,14,16,18-21,24,28H,9-13,15H2,(H,30,32);1-5,11-15,18H,6-10H2,(H,23,25). The summed E-state index contributed by atoms with van der Waals surface area (Å²) in [5.41, 5.74) is 3.92. The maximum Gasteiger partial charge on any atom is 0.256 e. The topological polar surface area (TPSA) is 119 Å². The van der Waals surface area contributed by atoms with Crippen molar-refractivity contribution in [3.8, 4) is 11.4 Å². The zero-order valence-corrected chi connectivity index (χ0v) is 33.0. The fraction of sp³-hybridized carbons (Fsp3) is 0.457. The number of anilines is 1. The van der Waals surface area contributed by atoms with Gasteiger partial charge in [0.05, 0.1) is 29.3 Å². The summed E-state index contributed by atoms with van der Waals surface area (Å²) in [4.78, 5) is 30.6. The van der Waals surface area contributed by atoms with E-state index in [-0.39, 0.29) is 11.8 Å². The number of nitrogens with one attached hydrogen (secondary N) is 3. The predicted molar refractivity (Wildman–Crippen MR) is 220 cm³/mol. The summed E-state index contributed by atoms with van der Waals surface area (Å²) in [7, 11) is 0. The molecule has 13 rings (SSSR count).